The van der Waals surface area contributed by atoms with Crippen molar-refractivity contribution in [2.45, 2.75) is 12.4 Å². The van der Waals surface area contributed by atoms with Gasteiger partial charge in [-0.2, -0.15) is 0 Å². The van der Waals surface area contributed by atoms with Crippen molar-refractivity contribution in [2.24, 2.45) is 0 Å². The summed E-state index contributed by atoms with van der Waals surface area (Å²) in [4.78, 5) is 0. The van der Waals surface area contributed by atoms with E-state index in [9.17, 15) is 0 Å². The van der Waals surface area contributed by atoms with Gasteiger partial charge in [0.15, 0.2) is 0 Å². The summed E-state index contributed by atoms with van der Waals surface area (Å²) in [5.74, 6) is -0.0336. The second-order valence-corrected chi connectivity index (χ2v) is 6.13. The number of hydrogen-bond donors (Lipinski definition) is 0. The predicted molar refractivity (Wildman–Crippen MR) is 94.3 cm³/mol. The Balaban J connectivity index is 1.81. The number of fused-ring (bicyclic) bond motifs is 4. The second-order valence-electron chi connectivity index (χ2n) is 6.13. The molecule has 2 heteroatoms. The maximum atomic E-state index is 6.48. The Morgan fingerprint density at radius 1 is 0.750 bits per heavy atom. The monoisotopic (exact) mass is 312 g/mol. The van der Waals surface area contributed by atoms with Crippen molar-refractivity contribution in [3.8, 4) is 5.75 Å². The van der Waals surface area contributed by atoms with Crippen LogP contribution in [0, 0.1) is 0 Å². The van der Waals surface area contributed by atoms with E-state index in [2.05, 4.69) is 48.5 Å². The summed E-state index contributed by atoms with van der Waals surface area (Å²) in [6.07, 6.45) is 2.20. The molecule has 0 aromatic heterocycles. The molecule has 2 nitrogen and oxygen atoms in total. The van der Waals surface area contributed by atoms with E-state index < -0.39 is 5.79 Å². The maximum absolute atomic E-state index is 6.48. The van der Waals surface area contributed by atoms with Gasteiger partial charge in [-0.3, -0.25) is 0 Å². The molecular weight excluding hydrogens is 296 g/mol. The van der Waals surface area contributed by atoms with Gasteiger partial charge in [0.25, 0.3) is 5.79 Å². The van der Waals surface area contributed by atoms with Crippen LogP contribution in [-0.4, -0.2) is 0 Å². The molecule has 0 amide bonds. The summed E-state index contributed by atoms with van der Waals surface area (Å²) in [6.45, 7) is 0.532. The predicted octanol–water partition coefficient (Wildman–Crippen LogP) is 5.00. The molecule has 0 aliphatic carbocycles. The molecular formula is C22H16O2. The average molecular weight is 312 g/mol. The van der Waals surface area contributed by atoms with Gasteiger partial charge in [-0.1, -0.05) is 72.8 Å². The maximum Gasteiger partial charge on any atom is 0.265 e. The molecule has 1 atom stereocenters. The van der Waals surface area contributed by atoms with Gasteiger partial charge in [0.2, 0.25) is 0 Å². The van der Waals surface area contributed by atoms with Crippen molar-refractivity contribution in [2.75, 3.05) is 0 Å². The first-order valence-corrected chi connectivity index (χ1v) is 8.15. The van der Waals surface area contributed by atoms with Gasteiger partial charge in [-0.25, -0.2) is 0 Å². The van der Waals surface area contributed by atoms with Gasteiger partial charge >= 0.3 is 0 Å². The van der Waals surface area contributed by atoms with Crippen LogP contribution in [0.3, 0.4) is 0 Å². The third kappa shape index (κ3) is 1.87. The topological polar surface area (TPSA) is 18.5 Å². The SMILES string of the molecule is C1=C2c3ccccc3COC2(c2ccccc2)Oc2ccccc21. The molecule has 0 bridgehead atoms. The van der Waals surface area contributed by atoms with Crippen molar-refractivity contribution in [3.05, 3.63) is 101 Å². The van der Waals surface area contributed by atoms with E-state index in [1.807, 2.05) is 36.4 Å². The van der Waals surface area contributed by atoms with Gasteiger partial charge in [0.05, 0.1) is 6.61 Å². The summed E-state index contributed by atoms with van der Waals surface area (Å²) in [5.41, 5.74) is 5.55. The highest BCUT2D eigenvalue weighted by Crippen LogP contribution is 2.50. The third-order valence-electron chi connectivity index (χ3n) is 4.72. The van der Waals surface area contributed by atoms with Gasteiger partial charge in [-0.15, -0.1) is 0 Å². The fourth-order valence-electron chi connectivity index (χ4n) is 3.56. The molecule has 116 valence electrons. The highest BCUT2D eigenvalue weighted by Gasteiger charge is 2.46. The van der Waals surface area contributed by atoms with Crippen LogP contribution < -0.4 is 4.74 Å². The fourth-order valence-corrected chi connectivity index (χ4v) is 3.56. The molecule has 0 saturated heterocycles. The first kappa shape index (κ1) is 13.6. The van der Waals surface area contributed by atoms with Crippen LogP contribution in [0.4, 0.5) is 0 Å². The minimum atomic E-state index is -0.885. The summed E-state index contributed by atoms with van der Waals surface area (Å²) in [5, 5.41) is 0. The lowest BCUT2D eigenvalue weighted by Crippen LogP contribution is -2.42. The number of ether oxygens (including phenoxy) is 2. The van der Waals surface area contributed by atoms with Crippen molar-refractivity contribution >= 4 is 11.6 Å². The average Bonchev–Trinajstić information content (AvgIpc) is 2.67. The van der Waals surface area contributed by atoms with E-state index in [-0.39, 0.29) is 0 Å². The molecule has 5 rings (SSSR count). The molecule has 0 radical (unpaired) electrons. The molecule has 2 aliphatic rings. The zero-order chi connectivity index (χ0) is 16.0. The number of rotatable bonds is 1. The molecule has 0 saturated carbocycles. The summed E-state index contributed by atoms with van der Waals surface area (Å²) < 4.78 is 12.8. The normalized spacial score (nSPS) is 20.9. The van der Waals surface area contributed by atoms with Crippen molar-refractivity contribution < 1.29 is 9.47 Å². The van der Waals surface area contributed by atoms with Crippen molar-refractivity contribution in [1.82, 2.24) is 0 Å². The van der Waals surface area contributed by atoms with Crippen LogP contribution >= 0.6 is 0 Å². The number of benzene rings is 3. The summed E-state index contributed by atoms with van der Waals surface area (Å²) >= 11 is 0. The van der Waals surface area contributed by atoms with Crippen LogP contribution in [0.25, 0.3) is 11.6 Å². The molecule has 3 aromatic carbocycles. The van der Waals surface area contributed by atoms with E-state index in [1.54, 1.807) is 0 Å². The first-order valence-electron chi connectivity index (χ1n) is 8.15. The van der Waals surface area contributed by atoms with Crippen LogP contribution in [0.15, 0.2) is 78.9 Å². The van der Waals surface area contributed by atoms with Crippen LogP contribution in [-0.2, 0) is 17.1 Å². The zero-order valence-corrected chi connectivity index (χ0v) is 13.1. The Morgan fingerprint density at radius 3 is 2.42 bits per heavy atom. The largest absolute Gasteiger partial charge is 0.453 e. The van der Waals surface area contributed by atoms with Gasteiger partial charge in [0.1, 0.15) is 5.75 Å². The van der Waals surface area contributed by atoms with Crippen LogP contribution in [0.2, 0.25) is 0 Å². The first-order chi connectivity index (χ1) is 11.9. The van der Waals surface area contributed by atoms with Crippen molar-refractivity contribution in [3.63, 3.8) is 0 Å². The lowest BCUT2D eigenvalue weighted by molar-refractivity contribution is -0.160. The second kappa shape index (κ2) is 5.08. The molecule has 0 spiro atoms. The number of para-hydroxylation sites is 1. The molecule has 0 N–H and O–H groups in total. The third-order valence-corrected chi connectivity index (χ3v) is 4.72. The highest BCUT2D eigenvalue weighted by molar-refractivity contribution is 5.91. The molecule has 1 unspecified atom stereocenters. The lowest BCUT2D eigenvalue weighted by Gasteiger charge is -2.43. The quantitative estimate of drug-likeness (QED) is 0.629. The van der Waals surface area contributed by atoms with Crippen LogP contribution in [0.5, 0.6) is 5.75 Å². The Bertz CT molecular complexity index is 943. The minimum Gasteiger partial charge on any atom is -0.453 e. The molecule has 3 aromatic rings. The molecule has 2 heterocycles. The lowest BCUT2D eigenvalue weighted by atomic mass is 9.84. The van der Waals surface area contributed by atoms with E-state index >= 15 is 0 Å². The fraction of sp³-hybridized carbons (Fsp3) is 0.0909. The van der Waals surface area contributed by atoms with E-state index in [0.29, 0.717) is 6.61 Å². The van der Waals surface area contributed by atoms with Crippen molar-refractivity contribution in [1.29, 1.82) is 0 Å². The van der Waals surface area contributed by atoms with Crippen LogP contribution in [0.1, 0.15) is 22.3 Å². The Hall–Kier alpha value is -2.84. The molecule has 24 heavy (non-hydrogen) atoms. The van der Waals surface area contributed by atoms with E-state index in [1.165, 1.54) is 11.1 Å². The van der Waals surface area contributed by atoms with Gasteiger partial charge < -0.3 is 9.47 Å². The van der Waals surface area contributed by atoms with E-state index in [4.69, 9.17) is 9.47 Å². The highest BCUT2D eigenvalue weighted by atomic mass is 16.7. The summed E-state index contributed by atoms with van der Waals surface area (Å²) in [7, 11) is 0. The molecule has 0 fully saturated rings. The molecule has 2 aliphatic heterocycles. The Labute approximate surface area is 141 Å². The summed E-state index contributed by atoms with van der Waals surface area (Å²) in [6, 6.07) is 26.7. The standard InChI is InChI=1S/C22H16O2/c1-2-10-18(11-3-1)22-20(14-16-8-5-7-13-21(16)24-22)19-12-6-4-9-17(19)15-23-22/h1-14H,15H2. The minimum absolute atomic E-state index is 0.532. The zero-order valence-electron chi connectivity index (χ0n) is 13.1. The van der Waals surface area contributed by atoms with Gasteiger partial charge in [0, 0.05) is 16.7 Å². The Morgan fingerprint density at radius 2 is 1.50 bits per heavy atom. The Kier molecular flexibility index (Phi) is 2.88. The van der Waals surface area contributed by atoms with Gasteiger partial charge in [-0.05, 0) is 23.3 Å². The van der Waals surface area contributed by atoms with E-state index in [0.717, 1.165) is 22.4 Å². The number of hydrogen-bond acceptors (Lipinski definition) is 2. The smallest absolute Gasteiger partial charge is 0.265 e.